The van der Waals surface area contributed by atoms with Gasteiger partial charge in [0.1, 0.15) is 17.0 Å². The first-order valence-corrected chi connectivity index (χ1v) is 12.3. The van der Waals surface area contributed by atoms with Crippen LogP contribution in [0, 0.1) is 5.92 Å². The van der Waals surface area contributed by atoms with Crippen LogP contribution in [0.15, 0.2) is 59.2 Å². The van der Waals surface area contributed by atoms with Crippen LogP contribution in [0.4, 0.5) is 0 Å². The Kier molecular flexibility index (Phi) is 6.02. The molecule has 0 unspecified atom stereocenters. The van der Waals surface area contributed by atoms with Gasteiger partial charge in [0, 0.05) is 17.6 Å². The van der Waals surface area contributed by atoms with E-state index < -0.39 is 5.54 Å². The van der Waals surface area contributed by atoms with E-state index in [1.165, 1.54) is 0 Å². The summed E-state index contributed by atoms with van der Waals surface area (Å²) in [5, 5.41) is 3.86. The van der Waals surface area contributed by atoms with Crippen molar-refractivity contribution < 1.29 is 14.0 Å². The van der Waals surface area contributed by atoms with Crippen LogP contribution >= 0.6 is 11.6 Å². The van der Waals surface area contributed by atoms with Gasteiger partial charge in [0.25, 0.3) is 5.91 Å². The summed E-state index contributed by atoms with van der Waals surface area (Å²) in [7, 11) is 0. The van der Waals surface area contributed by atoms with Gasteiger partial charge in [-0.1, -0.05) is 36.7 Å². The third-order valence-electron chi connectivity index (χ3n) is 7.41. The molecule has 1 N–H and O–H groups in total. The van der Waals surface area contributed by atoms with Gasteiger partial charge in [0.05, 0.1) is 18.5 Å². The van der Waals surface area contributed by atoms with Crippen molar-refractivity contribution in [3.63, 3.8) is 0 Å². The maximum Gasteiger partial charge on any atom is 0.271 e. The lowest BCUT2D eigenvalue weighted by Crippen LogP contribution is -2.64. The van der Waals surface area contributed by atoms with E-state index in [1.807, 2.05) is 54.0 Å². The van der Waals surface area contributed by atoms with E-state index in [9.17, 15) is 9.59 Å². The quantitative estimate of drug-likeness (QED) is 0.524. The Labute approximate surface area is 204 Å². The van der Waals surface area contributed by atoms with E-state index in [0.717, 1.165) is 36.9 Å². The van der Waals surface area contributed by atoms with Gasteiger partial charge < -0.3 is 19.2 Å². The van der Waals surface area contributed by atoms with Crippen molar-refractivity contribution >= 4 is 23.4 Å². The highest BCUT2D eigenvalue weighted by atomic mass is 35.5. The van der Waals surface area contributed by atoms with Gasteiger partial charge in [-0.15, -0.1) is 0 Å². The molecule has 1 fully saturated rings. The molecule has 3 aromatic rings. The summed E-state index contributed by atoms with van der Waals surface area (Å²) in [5.74, 6) is 1.04. The molecule has 1 aromatic carbocycles. The molecule has 6 nitrogen and oxygen atoms in total. The van der Waals surface area contributed by atoms with Crippen LogP contribution in [0.2, 0.25) is 5.02 Å². The maximum atomic E-state index is 13.9. The smallest absolute Gasteiger partial charge is 0.271 e. The summed E-state index contributed by atoms with van der Waals surface area (Å²) in [6.07, 6.45) is 5.75. The molecular weight excluding hydrogens is 450 g/mol. The maximum absolute atomic E-state index is 13.9. The van der Waals surface area contributed by atoms with Crippen LogP contribution in [0.1, 0.15) is 55.6 Å². The minimum absolute atomic E-state index is 0.128. The Hall–Kier alpha value is -2.99. The van der Waals surface area contributed by atoms with Gasteiger partial charge in [-0.05, 0) is 74.4 Å². The van der Waals surface area contributed by atoms with Crippen molar-refractivity contribution in [2.24, 2.45) is 5.92 Å². The lowest BCUT2D eigenvalue weighted by Gasteiger charge is -2.45. The number of benzene rings is 1. The summed E-state index contributed by atoms with van der Waals surface area (Å²) in [4.78, 5) is 29.4. The number of halogens is 1. The largest absolute Gasteiger partial charge is 0.463 e. The molecule has 0 saturated heterocycles. The summed E-state index contributed by atoms with van der Waals surface area (Å²) in [5.41, 5.74) is 1.05. The van der Waals surface area contributed by atoms with Gasteiger partial charge in [-0.2, -0.15) is 0 Å². The third-order valence-corrected chi connectivity index (χ3v) is 7.78. The topological polar surface area (TPSA) is 67.5 Å². The number of hydrogen-bond acceptors (Lipinski definition) is 3. The number of fused-ring (bicyclic) bond motifs is 1. The second-order valence-corrected chi connectivity index (χ2v) is 10.3. The van der Waals surface area contributed by atoms with Crippen LogP contribution in [0.25, 0.3) is 11.5 Å². The first-order chi connectivity index (χ1) is 16.4. The molecule has 178 valence electrons. The summed E-state index contributed by atoms with van der Waals surface area (Å²) >= 11 is 6.45. The molecule has 1 atom stereocenters. The molecule has 5 rings (SSSR count). The molecule has 0 bridgehead atoms. The van der Waals surface area contributed by atoms with Gasteiger partial charge >= 0.3 is 0 Å². The van der Waals surface area contributed by atoms with Gasteiger partial charge in [-0.25, -0.2) is 0 Å². The van der Waals surface area contributed by atoms with Gasteiger partial charge in [0.15, 0.2) is 0 Å². The number of carbonyl (C=O) groups is 2. The number of nitrogens with one attached hydrogen (secondary N) is 1. The number of amides is 2. The Balaban J connectivity index is 1.52. The molecule has 2 amide bonds. The molecular formula is C27H30ClN3O3. The van der Waals surface area contributed by atoms with Crippen molar-refractivity contribution in [1.82, 2.24) is 14.8 Å². The molecule has 1 saturated carbocycles. The Morgan fingerprint density at radius 2 is 1.82 bits per heavy atom. The van der Waals surface area contributed by atoms with E-state index in [1.54, 1.807) is 17.2 Å². The number of furan rings is 1. The van der Waals surface area contributed by atoms with Crippen LogP contribution in [0.5, 0.6) is 0 Å². The fourth-order valence-electron chi connectivity index (χ4n) is 5.20. The number of rotatable bonds is 5. The van der Waals surface area contributed by atoms with E-state index in [-0.39, 0.29) is 24.4 Å². The highest BCUT2D eigenvalue weighted by Gasteiger charge is 2.48. The normalized spacial score (nSPS) is 24.7. The minimum Gasteiger partial charge on any atom is -0.463 e. The first kappa shape index (κ1) is 22.8. The molecule has 2 aliphatic rings. The number of hydrogen-bond donors (Lipinski definition) is 1. The Morgan fingerprint density at radius 1 is 1.09 bits per heavy atom. The van der Waals surface area contributed by atoms with Crippen LogP contribution in [-0.2, 0) is 17.9 Å². The first-order valence-electron chi connectivity index (χ1n) is 12.0. The van der Waals surface area contributed by atoms with Crippen LogP contribution < -0.4 is 5.32 Å². The van der Waals surface area contributed by atoms with Gasteiger partial charge in [0.2, 0.25) is 5.91 Å². The summed E-state index contributed by atoms with van der Waals surface area (Å²) < 4.78 is 7.52. The molecule has 3 heterocycles. The molecule has 7 heteroatoms. The van der Waals surface area contributed by atoms with E-state index in [0.29, 0.717) is 28.9 Å². The number of aromatic nitrogens is 1. The standard InChI is InChI=1S/C27H30ClN3O3/c1-18-9-11-20(12-10-18)29-26(33)27(2)17-30-22(24-8-5-15-34-24)13-14-23(30)25(32)31(27)16-19-6-3-4-7-21(19)28/h3-8,13-15,18,20H,9-12,16-17H2,1-2H3,(H,29,33)/t18?,20?,27-/m1/s1. The Bertz CT molecular complexity index is 1190. The minimum atomic E-state index is -1.09. The van der Waals surface area contributed by atoms with Crippen molar-refractivity contribution in [3.05, 3.63) is 71.1 Å². The van der Waals surface area contributed by atoms with Crippen molar-refractivity contribution in [3.8, 4) is 11.5 Å². The monoisotopic (exact) mass is 479 g/mol. The highest BCUT2D eigenvalue weighted by molar-refractivity contribution is 6.31. The predicted octanol–water partition coefficient (Wildman–Crippen LogP) is 5.51. The van der Waals surface area contributed by atoms with Crippen molar-refractivity contribution in [2.45, 2.75) is 64.2 Å². The number of nitrogens with zero attached hydrogens (tertiary/aromatic N) is 2. The fourth-order valence-corrected chi connectivity index (χ4v) is 5.40. The zero-order valence-corrected chi connectivity index (χ0v) is 20.3. The number of carbonyl (C=O) groups excluding carboxylic acids is 2. The average molecular weight is 480 g/mol. The fraction of sp³-hybridized carbons (Fsp3) is 0.407. The second kappa shape index (κ2) is 8.99. The highest BCUT2D eigenvalue weighted by Crippen LogP contribution is 2.35. The zero-order chi connectivity index (χ0) is 23.9. The summed E-state index contributed by atoms with van der Waals surface area (Å²) in [6, 6.07) is 15.0. The molecule has 1 aliphatic carbocycles. The average Bonchev–Trinajstić information content (AvgIpc) is 3.49. The molecule has 0 spiro atoms. The summed E-state index contributed by atoms with van der Waals surface area (Å²) in [6.45, 7) is 4.70. The SMILES string of the molecule is CC1CCC(NC(=O)[C@@]2(C)Cn3c(ccc3-c3ccco3)C(=O)N2Cc2ccccc2Cl)CC1. The zero-order valence-electron chi connectivity index (χ0n) is 19.6. The molecule has 2 aromatic heterocycles. The van der Waals surface area contributed by atoms with Crippen molar-refractivity contribution in [2.75, 3.05) is 0 Å². The third kappa shape index (κ3) is 4.05. The predicted molar refractivity (Wildman–Crippen MR) is 131 cm³/mol. The van der Waals surface area contributed by atoms with Crippen molar-refractivity contribution in [1.29, 1.82) is 0 Å². The van der Waals surface area contributed by atoms with Crippen LogP contribution in [-0.4, -0.2) is 32.9 Å². The molecule has 34 heavy (non-hydrogen) atoms. The Morgan fingerprint density at radius 3 is 2.53 bits per heavy atom. The lowest BCUT2D eigenvalue weighted by molar-refractivity contribution is -0.134. The van der Waals surface area contributed by atoms with Gasteiger partial charge in [-0.3, -0.25) is 9.59 Å². The van der Waals surface area contributed by atoms with Crippen LogP contribution in [0.3, 0.4) is 0 Å². The molecule has 1 aliphatic heterocycles. The van der Waals surface area contributed by atoms with E-state index >= 15 is 0 Å². The lowest BCUT2D eigenvalue weighted by atomic mass is 9.86. The van der Waals surface area contributed by atoms with E-state index in [4.69, 9.17) is 16.0 Å². The molecule has 0 radical (unpaired) electrons. The second-order valence-electron chi connectivity index (χ2n) is 9.85. The van der Waals surface area contributed by atoms with E-state index in [2.05, 4.69) is 12.2 Å².